The van der Waals surface area contributed by atoms with Gasteiger partial charge in [0, 0.05) is 18.4 Å². The fourth-order valence-corrected chi connectivity index (χ4v) is 3.32. The molecule has 104 valence electrons. The number of primary amides is 1. The van der Waals surface area contributed by atoms with Crippen LogP contribution in [0.5, 0.6) is 0 Å². The summed E-state index contributed by atoms with van der Waals surface area (Å²) in [6, 6.07) is -0.217. The van der Waals surface area contributed by atoms with Crippen molar-refractivity contribution >= 4 is 5.91 Å². The summed E-state index contributed by atoms with van der Waals surface area (Å²) in [4.78, 5) is 13.3. The SMILES string of the molecule is CCOC1CC(O)C12CCN(C(C)C(N)=O)CC2. The summed E-state index contributed by atoms with van der Waals surface area (Å²) in [6.45, 7) is 6.15. The molecule has 2 fully saturated rings. The zero-order valence-electron chi connectivity index (χ0n) is 11.3. The topological polar surface area (TPSA) is 75.8 Å². The molecule has 1 heterocycles. The van der Waals surface area contributed by atoms with Gasteiger partial charge in [-0.05, 0) is 39.8 Å². The van der Waals surface area contributed by atoms with Crippen LogP contribution in [-0.4, -0.2) is 53.9 Å². The van der Waals surface area contributed by atoms with Gasteiger partial charge in [0.05, 0.1) is 18.2 Å². The number of hydrogen-bond donors (Lipinski definition) is 2. The van der Waals surface area contributed by atoms with Crippen LogP contribution in [0, 0.1) is 5.41 Å². The fourth-order valence-electron chi connectivity index (χ4n) is 3.32. The summed E-state index contributed by atoms with van der Waals surface area (Å²) in [6.07, 6.45) is 2.45. The van der Waals surface area contributed by atoms with Crippen LogP contribution in [0.2, 0.25) is 0 Å². The largest absolute Gasteiger partial charge is 0.392 e. The van der Waals surface area contributed by atoms with Crippen LogP contribution in [0.15, 0.2) is 0 Å². The number of aliphatic hydroxyl groups excluding tert-OH is 1. The minimum atomic E-state index is -0.276. The summed E-state index contributed by atoms with van der Waals surface area (Å²) in [5, 5.41) is 10.1. The molecule has 1 saturated heterocycles. The maximum atomic E-state index is 11.2. The molecule has 5 nitrogen and oxygen atoms in total. The van der Waals surface area contributed by atoms with Gasteiger partial charge < -0.3 is 15.6 Å². The van der Waals surface area contributed by atoms with Gasteiger partial charge in [0.1, 0.15) is 0 Å². The molecule has 5 heteroatoms. The zero-order valence-corrected chi connectivity index (χ0v) is 11.3. The third-order valence-electron chi connectivity index (χ3n) is 4.80. The van der Waals surface area contributed by atoms with E-state index in [4.69, 9.17) is 10.5 Å². The number of ether oxygens (including phenoxy) is 1. The third kappa shape index (κ3) is 2.15. The molecule has 2 aliphatic rings. The fraction of sp³-hybridized carbons (Fsp3) is 0.923. The molecule has 18 heavy (non-hydrogen) atoms. The first kappa shape index (κ1) is 13.8. The van der Waals surface area contributed by atoms with E-state index < -0.39 is 0 Å². The lowest BCUT2D eigenvalue weighted by Gasteiger charge is -2.57. The number of piperidine rings is 1. The molecule has 3 unspecified atom stereocenters. The van der Waals surface area contributed by atoms with E-state index >= 15 is 0 Å². The zero-order chi connectivity index (χ0) is 13.3. The van der Waals surface area contributed by atoms with Crippen molar-refractivity contribution in [1.29, 1.82) is 0 Å². The molecular formula is C13H24N2O3. The standard InChI is InChI=1S/C13H24N2O3/c1-3-18-11-8-10(16)13(11)4-6-15(7-5-13)9(2)12(14)17/h9-11,16H,3-8H2,1-2H3,(H2,14,17). The second-order valence-electron chi connectivity index (χ2n) is 5.54. The smallest absolute Gasteiger partial charge is 0.234 e. The van der Waals surface area contributed by atoms with Crippen LogP contribution in [0.3, 0.4) is 0 Å². The molecule has 2 rings (SSSR count). The van der Waals surface area contributed by atoms with Crippen molar-refractivity contribution < 1.29 is 14.6 Å². The number of nitrogens with two attached hydrogens (primary N) is 1. The summed E-state index contributed by atoms with van der Waals surface area (Å²) >= 11 is 0. The number of likely N-dealkylation sites (tertiary alicyclic amines) is 1. The average molecular weight is 256 g/mol. The predicted molar refractivity (Wildman–Crippen MR) is 67.9 cm³/mol. The van der Waals surface area contributed by atoms with Gasteiger partial charge in [0.2, 0.25) is 5.91 Å². The van der Waals surface area contributed by atoms with E-state index in [2.05, 4.69) is 4.90 Å². The Labute approximate surface area is 108 Å². The molecular weight excluding hydrogens is 232 g/mol. The number of carbonyl (C=O) groups is 1. The van der Waals surface area contributed by atoms with Crippen molar-refractivity contribution in [2.24, 2.45) is 11.1 Å². The Kier molecular flexibility index (Phi) is 3.94. The van der Waals surface area contributed by atoms with E-state index in [-0.39, 0.29) is 29.6 Å². The van der Waals surface area contributed by atoms with Crippen LogP contribution in [0.25, 0.3) is 0 Å². The van der Waals surface area contributed by atoms with E-state index in [1.165, 1.54) is 0 Å². The van der Waals surface area contributed by atoms with Crippen molar-refractivity contribution in [2.75, 3.05) is 19.7 Å². The van der Waals surface area contributed by atoms with E-state index in [9.17, 15) is 9.90 Å². The Morgan fingerprint density at radius 1 is 1.56 bits per heavy atom. The molecule has 0 aromatic carbocycles. The highest BCUT2D eigenvalue weighted by atomic mass is 16.5. The number of carbonyl (C=O) groups excluding carboxylic acids is 1. The molecule has 0 bridgehead atoms. The van der Waals surface area contributed by atoms with Crippen LogP contribution in [0.1, 0.15) is 33.1 Å². The quantitative estimate of drug-likeness (QED) is 0.748. The van der Waals surface area contributed by atoms with Gasteiger partial charge in [-0.3, -0.25) is 9.69 Å². The molecule has 3 N–H and O–H groups in total. The molecule has 0 aromatic heterocycles. The first-order valence-corrected chi connectivity index (χ1v) is 6.84. The predicted octanol–water partition coefficient (Wildman–Crippen LogP) is 0.112. The van der Waals surface area contributed by atoms with E-state index in [1.807, 2.05) is 13.8 Å². The minimum Gasteiger partial charge on any atom is -0.392 e. The maximum Gasteiger partial charge on any atom is 0.234 e. The lowest BCUT2D eigenvalue weighted by molar-refractivity contribution is -0.210. The summed E-state index contributed by atoms with van der Waals surface area (Å²) in [7, 11) is 0. The monoisotopic (exact) mass is 256 g/mol. The molecule has 1 spiro atoms. The first-order chi connectivity index (χ1) is 8.51. The highest BCUT2D eigenvalue weighted by Crippen LogP contribution is 2.51. The van der Waals surface area contributed by atoms with Gasteiger partial charge >= 0.3 is 0 Å². The van der Waals surface area contributed by atoms with Crippen LogP contribution in [-0.2, 0) is 9.53 Å². The second kappa shape index (κ2) is 5.15. The number of amides is 1. The third-order valence-corrected chi connectivity index (χ3v) is 4.80. The van der Waals surface area contributed by atoms with Gasteiger partial charge in [-0.1, -0.05) is 0 Å². The summed E-state index contributed by atoms with van der Waals surface area (Å²) in [5.41, 5.74) is 5.25. The molecule has 3 atom stereocenters. The second-order valence-corrected chi connectivity index (χ2v) is 5.54. The molecule has 1 aliphatic carbocycles. The molecule has 1 saturated carbocycles. The molecule has 0 radical (unpaired) electrons. The van der Waals surface area contributed by atoms with Gasteiger partial charge in [-0.15, -0.1) is 0 Å². The van der Waals surface area contributed by atoms with E-state index in [0.717, 1.165) is 32.4 Å². The Morgan fingerprint density at radius 3 is 2.61 bits per heavy atom. The van der Waals surface area contributed by atoms with Crippen LogP contribution in [0.4, 0.5) is 0 Å². The average Bonchev–Trinajstić information content (AvgIpc) is 2.38. The van der Waals surface area contributed by atoms with Crippen molar-refractivity contribution in [3.8, 4) is 0 Å². The Hall–Kier alpha value is -0.650. The van der Waals surface area contributed by atoms with Gasteiger partial charge in [0.15, 0.2) is 0 Å². The van der Waals surface area contributed by atoms with Crippen LogP contribution < -0.4 is 5.73 Å². The van der Waals surface area contributed by atoms with Crippen molar-refractivity contribution in [3.63, 3.8) is 0 Å². The van der Waals surface area contributed by atoms with Gasteiger partial charge in [-0.25, -0.2) is 0 Å². The summed E-state index contributed by atoms with van der Waals surface area (Å²) < 4.78 is 5.71. The number of hydrogen-bond acceptors (Lipinski definition) is 4. The first-order valence-electron chi connectivity index (χ1n) is 6.84. The molecule has 1 aliphatic heterocycles. The van der Waals surface area contributed by atoms with Crippen molar-refractivity contribution in [3.05, 3.63) is 0 Å². The van der Waals surface area contributed by atoms with Gasteiger partial charge in [0.25, 0.3) is 0 Å². The maximum absolute atomic E-state index is 11.2. The number of aliphatic hydroxyl groups is 1. The Bertz CT molecular complexity index is 311. The van der Waals surface area contributed by atoms with Gasteiger partial charge in [-0.2, -0.15) is 0 Å². The Balaban J connectivity index is 1.94. The lowest BCUT2D eigenvalue weighted by Crippen LogP contribution is -2.63. The van der Waals surface area contributed by atoms with Crippen molar-refractivity contribution in [1.82, 2.24) is 4.90 Å². The normalized spacial score (nSPS) is 33.1. The highest BCUT2D eigenvalue weighted by molar-refractivity contribution is 5.79. The molecule has 1 amide bonds. The van der Waals surface area contributed by atoms with Crippen LogP contribution >= 0.6 is 0 Å². The lowest BCUT2D eigenvalue weighted by atomic mass is 9.58. The van der Waals surface area contributed by atoms with E-state index in [0.29, 0.717) is 6.61 Å². The summed E-state index contributed by atoms with van der Waals surface area (Å²) in [5.74, 6) is -0.276. The van der Waals surface area contributed by atoms with E-state index in [1.54, 1.807) is 0 Å². The highest BCUT2D eigenvalue weighted by Gasteiger charge is 2.56. The van der Waals surface area contributed by atoms with Crippen molar-refractivity contribution in [2.45, 2.75) is 51.4 Å². The number of rotatable bonds is 4. The number of nitrogens with zero attached hydrogens (tertiary/aromatic N) is 1. The minimum absolute atomic E-state index is 0.0795. The Morgan fingerprint density at radius 2 is 2.17 bits per heavy atom. The molecule has 0 aromatic rings.